The van der Waals surface area contributed by atoms with Gasteiger partial charge in [0.25, 0.3) is 0 Å². The summed E-state index contributed by atoms with van der Waals surface area (Å²) in [6, 6.07) is 6.55. The molecule has 6 heteroatoms. The SMILES string of the molecule is Brc1ccc2c(c1)CN(CCc1cnnn1I)C2. The van der Waals surface area contributed by atoms with Crippen molar-refractivity contribution in [2.24, 2.45) is 0 Å². The second kappa shape index (κ2) is 5.26. The number of benzene rings is 1. The molecule has 3 rings (SSSR count). The van der Waals surface area contributed by atoms with E-state index in [2.05, 4.69) is 72.2 Å². The lowest BCUT2D eigenvalue weighted by Crippen LogP contribution is -2.20. The van der Waals surface area contributed by atoms with Gasteiger partial charge in [-0.15, -0.1) is 5.10 Å². The van der Waals surface area contributed by atoms with E-state index in [0.717, 1.165) is 30.5 Å². The molecule has 0 saturated carbocycles. The number of fused-ring (bicyclic) bond motifs is 1. The van der Waals surface area contributed by atoms with Gasteiger partial charge in [-0.05, 0) is 23.3 Å². The van der Waals surface area contributed by atoms with Gasteiger partial charge in [0.1, 0.15) is 0 Å². The van der Waals surface area contributed by atoms with Crippen LogP contribution in [0, 0.1) is 0 Å². The van der Waals surface area contributed by atoms with Gasteiger partial charge in [0.15, 0.2) is 0 Å². The van der Waals surface area contributed by atoms with E-state index in [0.29, 0.717) is 0 Å². The minimum absolute atomic E-state index is 0.991. The first-order valence-electron chi connectivity index (χ1n) is 5.78. The van der Waals surface area contributed by atoms with Gasteiger partial charge in [0, 0.05) is 30.5 Å². The summed E-state index contributed by atoms with van der Waals surface area (Å²) in [5, 5.41) is 7.84. The molecule has 0 fully saturated rings. The third-order valence-corrected chi connectivity index (χ3v) is 4.52. The maximum atomic E-state index is 3.94. The molecule has 2 heterocycles. The van der Waals surface area contributed by atoms with Gasteiger partial charge in [-0.2, -0.15) is 2.90 Å². The molecule has 18 heavy (non-hydrogen) atoms. The first-order valence-corrected chi connectivity index (χ1v) is 7.53. The lowest BCUT2D eigenvalue weighted by Gasteiger charge is -2.13. The first-order chi connectivity index (χ1) is 8.72. The smallest absolute Gasteiger partial charge is 0.0866 e. The van der Waals surface area contributed by atoms with E-state index in [4.69, 9.17) is 0 Å². The minimum atomic E-state index is 0.991. The van der Waals surface area contributed by atoms with Crippen molar-refractivity contribution in [2.45, 2.75) is 19.5 Å². The van der Waals surface area contributed by atoms with Gasteiger partial charge < -0.3 is 0 Å². The Hall–Kier alpha value is -0.470. The van der Waals surface area contributed by atoms with Crippen molar-refractivity contribution >= 4 is 38.8 Å². The van der Waals surface area contributed by atoms with E-state index in [9.17, 15) is 0 Å². The van der Waals surface area contributed by atoms with Gasteiger partial charge in [-0.1, -0.05) is 27.2 Å². The third-order valence-electron chi connectivity index (χ3n) is 3.21. The molecule has 4 nitrogen and oxygen atoms in total. The molecule has 1 aromatic carbocycles. The maximum Gasteiger partial charge on any atom is 0.0866 e. The molecule has 1 aromatic heterocycles. The highest BCUT2D eigenvalue weighted by atomic mass is 127. The molecule has 0 unspecified atom stereocenters. The Kier molecular flexibility index (Phi) is 3.67. The van der Waals surface area contributed by atoms with Crippen LogP contribution in [0.15, 0.2) is 28.9 Å². The van der Waals surface area contributed by atoms with Crippen LogP contribution in [-0.4, -0.2) is 24.7 Å². The Labute approximate surface area is 128 Å². The summed E-state index contributed by atoms with van der Waals surface area (Å²) in [6.07, 6.45) is 2.83. The van der Waals surface area contributed by atoms with E-state index in [1.165, 1.54) is 16.8 Å². The molecule has 0 saturated heterocycles. The van der Waals surface area contributed by atoms with Crippen LogP contribution >= 0.6 is 38.8 Å². The Morgan fingerprint density at radius 1 is 1.28 bits per heavy atom. The summed E-state index contributed by atoms with van der Waals surface area (Å²) in [4.78, 5) is 2.46. The molecule has 1 aliphatic heterocycles. The van der Waals surface area contributed by atoms with E-state index in [1.54, 1.807) is 0 Å². The fourth-order valence-corrected chi connectivity index (χ4v) is 3.15. The first kappa shape index (κ1) is 12.6. The zero-order chi connectivity index (χ0) is 12.5. The molecule has 94 valence electrons. The van der Waals surface area contributed by atoms with Crippen molar-refractivity contribution in [1.82, 2.24) is 18.1 Å². The largest absolute Gasteiger partial charge is 0.294 e. The van der Waals surface area contributed by atoms with Crippen LogP contribution < -0.4 is 0 Å². The van der Waals surface area contributed by atoms with Gasteiger partial charge in [-0.3, -0.25) is 4.90 Å². The second-order valence-electron chi connectivity index (χ2n) is 4.46. The third kappa shape index (κ3) is 2.60. The van der Waals surface area contributed by atoms with Crippen molar-refractivity contribution in [3.63, 3.8) is 0 Å². The van der Waals surface area contributed by atoms with Crippen molar-refractivity contribution in [3.8, 4) is 0 Å². The number of hydrogen-bond acceptors (Lipinski definition) is 3. The molecule has 0 radical (unpaired) electrons. The molecule has 0 spiro atoms. The topological polar surface area (TPSA) is 34.0 Å². The average molecular weight is 419 g/mol. The van der Waals surface area contributed by atoms with Crippen molar-refractivity contribution in [3.05, 3.63) is 45.7 Å². The maximum absolute atomic E-state index is 3.94. The number of nitrogens with zero attached hydrogens (tertiary/aromatic N) is 4. The molecular weight excluding hydrogens is 407 g/mol. The van der Waals surface area contributed by atoms with Crippen molar-refractivity contribution in [2.75, 3.05) is 6.54 Å². The number of aromatic nitrogens is 3. The lowest BCUT2D eigenvalue weighted by atomic mass is 10.1. The van der Waals surface area contributed by atoms with E-state index >= 15 is 0 Å². The van der Waals surface area contributed by atoms with Gasteiger partial charge in [-0.25, -0.2) is 0 Å². The summed E-state index contributed by atoms with van der Waals surface area (Å²) < 4.78 is 2.98. The minimum Gasteiger partial charge on any atom is -0.294 e. The fraction of sp³-hybridized carbons (Fsp3) is 0.333. The van der Waals surface area contributed by atoms with Crippen LogP contribution in [0.25, 0.3) is 0 Å². The van der Waals surface area contributed by atoms with Gasteiger partial charge in [0.05, 0.1) is 34.8 Å². The Bertz CT molecular complexity index is 569. The summed E-state index contributed by atoms with van der Waals surface area (Å²) in [5.74, 6) is 0. The van der Waals surface area contributed by atoms with Gasteiger partial charge >= 0.3 is 0 Å². The predicted molar refractivity (Wildman–Crippen MR) is 81.4 cm³/mol. The summed E-state index contributed by atoms with van der Waals surface area (Å²) in [6.45, 7) is 3.13. The molecule has 1 aliphatic rings. The monoisotopic (exact) mass is 418 g/mol. The van der Waals surface area contributed by atoms with Crippen molar-refractivity contribution in [1.29, 1.82) is 0 Å². The number of halogens is 2. The van der Waals surface area contributed by atoms with Crippen molar-refractivity contribution < 1.29 is 0 Å². The molecular formula is C12H12BrIN4. The van der Waals surface area contributed by atoms with E-state index in [1.807, 2.05) is 9.09 Å². The van der Waals surface area contributed by atoms with Crippen LogP contribution in [0.1, 0.15) is 16.8 Å². The quantitative estimate of drug-likeness (QED) is 0.718. The molecule has 0 amide bonds. The van der Waals surface area contributed by atoms with Gasteiger partial charge in [0.2, 0.25) is 0 Å². The van der Waals surface area contributed by atoms with Crippen LogP contribution in [0.3, 0.4) is 0 Å². The predicted octanol–water partition coefficient (Wildman–Crippen LogP) is 2.80. The molecule has 0 atom stereocenters. The van der Waals surface area contributed by atoms with Crippen LogP contribution in [0.4, 0.5) is 0 Å². The Morgan fingerprint density at radius 2 is 2.11 bits per heavy atom. The summed E-state index contributed by atoms with van der Waals surface area (Å²) >= 11 is 5.69. The zero-order valence-electron chi connectivity index (χ0n) is 9.68. The molecule has 2 aromatic rings. The van der Waals surface area contributed by atoms with E-state index in [-0.39, 0.29) is 0 Å². The zero-order valence-corrected chi connectivity index (χ0v) is 13.4. The molecule has 0 N–H and O–H groups in total. The summed E-state index contributed by atoms with van der Waals surface area (Å²) in [7, 11) is 0. The standard InChI is InChI=1S/C12H12BrIN4/c13-11-2-1-9-7-17(8-10(9)5-11)4-3-12-6-15-16-18(12)14/h1-2,5-6H,3-4,7-8H2. The normalized spacial score (nSPS) is 15.0. The van der Waals surface area contributed by atoms with Crippen LogP contribution in [0.2, 0.25) is 0 Å². The molecule has 0 aliphatic carbocycles. The highest BCUT2D eigenvalue weighted by Crippen LogP contribution is 2.25. The highest BCUT2D eigenvalue weighted by Gasteiger charge is 2.18. The number of hydrogen-bond donors (Lipinski definition) is 0. The lowest BCUT2D eigenvalue weighted by molar-refractivity contribution is 0.287. The average Bonchev–Trinajstić information content (AvgIpc) is 2.92. The number of rotatable bonds is 3. The van der Waals surface area contributed by atoms with E-state index < -0.39 is 0 Å². The Balaban J connectivity index is 1.63. The highest BCUT2D eigenvalue weighted by molar-refractivity contribution is 14.1. The van der Waals surface area contributed by atoms with Crippen LogP contribution in [0.5, 0.6) is 0 Å². The summed E-state index contributed by atoms with van der Waals surface area (Å²) in [5.41, 5.74) is 4.05. The second-order valence-corrected chi connectivity index (χ2v) is 6.29. The van der Waals surface area contributed by atoms with Crippen LogP contribution in [-0.2, 0) is 19.5 Å². The Morgan fingerprint density at radius 3 is 2.89 bits per heavy atom. The fourth-order valence-electron chi connectivity index (χ4n) is 2.26. The molecule has 0 bridgehead atoms.